The molecule has 0 amide bonds. The molecule has 1 unspecified atom stereocenters. The lowest BCUT2D eigenvalue weighted by atomic mass is 9.77. The monoisotopic (exact) mass is 200 g/mol. The van der Waals surface area contributed by atoms with E-state index in [1.165, 1.54) is 0 Å². The van der Waals surface area contributed by atoms with Gasteiger partial charge in [-0.15, -0.1) is 0 Å². The minimum Gasteiger partial charge on any atom is -0.388 e. The molecule has 0 aromatic heterocycles. The summed E-state index contributed by atoms with van der Waals surface area (Å²) in [5, 5.41) is 13.7. The third-order valence-corrected chi connectivity index (χ3v) is 3.65. The molecule has 0 aromatic rings. The topological polar surface area (TPSA) is 58.3 Å². The zero-order chi connectivity index (χ0) is 10.6. The van der Waals surface area contributed by atoms with E-state index in [0.29, 0.717) is 5.92 Å². The summed E-state index contributed by atoms with van der Waals surface area (Å²) >= 11 is 0. The number of piperidine rings is 1. The van der Waals surface area contributed by atoms with E-state index >= 15 is 0 Å². The first-order valence-corrected chi connectivity index (χ1v) is 5.82. The van der Waals surface area contributed by atoms with E-state index in [1.54, 1.807) is 0 Å². The van der Waals surface area contributed by atoms with Crippen LogP contribution in [0.2, 0.25) is 0 Å². The van der Waals surface area contributed by atoms with Crippen molar-refractivity contribution in [3.05, 3.63) is 0 Å². The van der Waals surface area contributed by atoms with Crippen LogP contribution in [0.1, 0.15) is 39.5 Å². The van der Waals surface area contributed by atoms with Crippen LogP contribution in [0.25, 0.3) is 0 Å². The minimum absolute atomic E-state index is 0.0559. The maximum Gasteiger partial charge on any atom is 0.0824 e. The number of rotatable bonds is 4. The van der Waals surface area contributed by atoms with Gasteiger partial charge in [0, 0.05) is 6.04 Å². The van der Waals surface area contributed by atoms with E-state index in [-0.39, 0.29) is 6.04 Å². The molecule has 1 atom stereocenters. The molecule has 1 saturated heterocycles. The van der Waals surface area contributed by atoms with Gasteiger partial charge in [0.25, 0.3) is 0 Å². The Labute approximate surface area is 87.1 Å². The predicted molar refractivity (Wildman–Crippen MR) is 59.1 cm³/mol. The summed E-state index contributed by atoms with van der Waals surface area (Å²) in [4.78, 5) is 0. The predicted octanol–water partition coefficient (Wildman–Crippen LogP) is 0.864. The first-order valence-electron chi connectivity index (χ1n) is 5.82. The molecule has 84 valence electrons. The molecule has 4 N–H and O–H groups in total. The van der Waals surface area contributed by atoms with Gasteiger partial charge in [0.15, 0.2) is 0 Å². The minimum atomic E-state index is -0.623. The maximum atomic E-state index is 10.4. The second-order valence-electron chi connectivity index (χ2n) is 4.46. The zero-order valence-corrected chi connectivity index (χ0v) is 9.42. The van der Waals surface area contributed by atoms with Crippen LogP contribution < -0.4 is 11.1 Å². The van der Waals surface area contributed by atoms with Gasteiger partial charge >= 0.3 is 0 Å². The Hall–Kier alpha value is -0.120. The highest BCUT2D eigenvalue weighted by Gasteiger charge is 2.38. The Balaban J connectivity index is 2.59. The molecule has 1 aliphatic heterocycles. The normalized spacial score (nSPS) is 23.8. The Morgan fingerprint density at radius 1 is 1.29 bits per heavy atom. The summed E-state index contributed by atoms with van der Waals surface area (Å²) in [6.45, 7) is 6.09. The first-order chi connectivity index (χ1) is 6.64. The van der Waals surface area contributed by atoms with Crippen molar-refractivity contribution in [3.63, 3.8) is 0 Å². The van der Waals surface area contributed by atoms with E-state index < -0.39 is 5.60 Å². The van der Waals surface area contributed by atoms with Crippen LogP contribution in [-0.4, -0.2) is 29.8 Å². The summed E-state index contributed by atoms with van der Waals surface area (Å²) in [5.41, 5.74) is 5.55. The lowest BCUT2D eigenvalue weighted by Gasteiger charge is -2.40. The average Bonchev–Trinajstić information content (AvgIpc) is 2.20. The van der Waals surface area contributed by atoms with Crippen LogP contribution in [0.5, 0.6) is 0 Å². The van der Waals surface area contributed by atoms with E-state index in [4.69, 9.17) is 5.73 Å². The second kappa shape index (κ2) is 5.10. The molecule has 0 aromatic carbocycles. The van der Waals surface area contributed by atoms with Gasteiger partial charge in [0.1, 0.15) is 0 Å². The Bertz CT molecular complexity index is 163. The van der Waals surface area contributed by atoms with E-state index in [1.807, 2.05) is 0 Å². The Kier molecular flexibility index (Phi) is 4.35. The van der Waals surface area contributed by atoms with Crippen LogP contribution in [0.4, 0.5) is 0 Å². The van der Waals surface area contributed by atoms with Gasteiger partial charge in [-0.2, -0.15) is 0 Å². The van der Waals surface area contributed by atoms with Crippen LogP contribution >= 0.6 is 0 Å². The van der Waals surface area contributed by atoms with Crippen molar-refractivity contribution in [2.24, 2.45) is 11.7 Å². The zero-order valence-electron chi connectivity index (χ0n) is 9.42. The van der Waals surface area contributed by atoms with Crippen molar-refractivity contribution in [3.8, 4) is 0 Å². The van der Waals surface area contributed by atoms with Crippen molar-refractivity contribution in [1.29, 1.82) is 0 Å². The summed E-state index contributed by atoms with van der Waals surface area (Å²) in [6.07, 6.45) is 3.72. The number of hydrogen-bond donors (Lipinski definition) is 3. The molecular formula is C11H24N2O. The van der Waals surface area contributed by atoms with Gasteiger partial charge in [-0.1, -0.05) is 26.7 Å². The van der Waals surface area contributed by atoms with Gasteiger partial charge in [-0.25, -0.2) is 0 Å². The van der Waals surface area contributed by atoms with Crippen LogP contribution in [-0.2, 0) is 0 Å². The van der Waals surface area contributed by atoms with Crippen LogP contribution in [0.15, 0.2) is 0 Å². The molecule has 1 aliphatic rings. The van der Waals surface area contributed by atoms with Gasteiger partial charge in [0.2, 0.25) is 0 Å². The molecule has 14 heavy (non-hydrogen) atoms. The number of hydrogen-bond acceptors (Lipinski definition) is 3. The van der Waals surface area contributed by atoms with Crippen LogP contribution in [0.3, 0.4) is 0 Å². The molecule has 1 fully saturated rings. The quantitative estimate of drug-likeness (QED) is 0.631. The van der Waals surface area contributed by atoms with E-state index in [2.05, 4.69) is 19.2 Å². The molecule has 0 aliphatic carbocycles. The van der Waals surface area contributed by atoms with Gasteiger partial charge in [0.05, 0.1) is 5.60 Å². The largest absolute Gasteiger partial charge is 0.388 e. The Morgan fingerprint density at radius 2 is 1.79 bits per heavy atom. The number of nitrogens with two attached hydrogens (primary N) is 1. The van der Waals surface area contributed by atoms with Crippen molar-refractivity contribution < 1.29 is 5.11 Å². The van der Waals surface area contributed by atoms with Gasteiger partial charge in [-0.05, 0) is 31.8 Å². The van der Waals surface area contributed by atoms with E-state index in [0.717, 1.165) is 38.8 Å². The fourth-order valence-corrected chi connectivity index (χ4v) is 2.43. The molecule has 1 rings (SSSR count). The molecule has 0 spiro atoms. The van der Waals surface area contributed by atoms with E-state index in [9.17, 15) is 5.11 Å². The smallest absolute Gasteiger partial charge is 0.0824 e. The maximum absolute atomic E-state index is 10.4. The van der Waals surface area contributed by atoms with Gasteiger partial charge in [-0.3, -0.25) is 0 Å². The summed E-state index contributed by atoms with van der Waals surface area (Å²) in [7, 11) is 0. The Morgan fingerprint density at radius 3 is 2.21 bits per heavy atom. The van der Waals surface area contributed by atoms with Crippen molar-refractivity contribution in [1.82, 2.24) is 5.32 Å². The first kappa shape index (κ1) is 12.0. The van der Waals surface area contributed by atoms with Crippen molar-refractivity contribution >= 4 is 0 Å². The summed E-state index contributed by atoms with van der Waals surface area (Å²) < 4.78 is 0. The standard InChI is InChI=1S/C11H24N2O/c1-3-9(4-2)10(12)11(14)5-7-13-8-6-11/h9-10,13-14H,3-8,12H2,1-2H3. The highest BCUT2D eigenvalue weighted by Crippen LogP contribution is 2.28. The summed E-state index contributed by atoms with van der Waals surface area (Å²) in [5.74, 6) is 0.457. The molecule has 3 nitrogen and oxygen atoms in total. The van der Waals surface area contributed by atoms with Gasteiger partial charge < -0.3 is 16.2 Å². The molecule has 0 saturated carbocycles. The number of aliphatic hydroxyl groups is 1. The fraction of sp³-hybridized carbons (Fsp3) is 1.00. The lowest BCUT2D eigenvalue weighted by Crippen LogP contribution is -2.56. The van der Waals surface area contributed by atoms with Crippen molar-refractivity contribution in [2.45, 2.75) is 51.2 Å². The molecule has 3 heteroatoms. The number of nitrogens with one attached hydrogen (secondary N) is 1. The highest BCUT2D eigenvalue weighted by molar-refractivity contribution is 4.95. The molecule has 0 radical (unpaired) electrons. The second-order valence-corrected chi connectivity index (χ2v) is 4.46. The summed E-state index contributed by atoms with van der Waals surface area (Å²) in [6, 6.07) is -0.0559. The fourth-order valence-electron chi connectivity index (χ4n) is 2.43. The van der Waals surface area contributed by atoms with Crippen LogP contribution in [0, 0.1) is 5.92 Å². The third-order valence-electron chi connectivity index (χ3n) is 3.65. The highest BCUT2D eigenvalue weighted by atomic mass is 16.3. The molecular weight excluding hydrogens is 176 g/mol. The average molecular weight is 200 g/mol. The molecule has 1 heterocycles. The molecule has 0 bridgehead atoms. The SMILES string of the molecule is CCC(CC)C(N)C1(O)CCNCC1. The third kappa shape index (κ3) is 2.47. The van der Waals surface area contributed by atoms with Crippen molar-refractivity contribution in [2.75, 3.05) is 13.1 Å². The lowest BCUT2D eigenvalue weighted by molar-refractivity contribution is -0.0312.